The van der Waals surface area contributed by atoms with Crippen molar-refractivity contribution in [1.29, 1.82) is 0 Å². The van der Waals surface area contributed by atoms with Crippen LogP contribution in [0.2, 0.25) is 0 Å². The molecule has 1 atom stereocenters. The van der Waals surface area contributed by atoms with E-state index in [2.05, 4.69) is 5.32 Å². The van der Waals surface area contributed by atoms with Gasteiger partial charge in [-0.1, -0.05) is 84.9 Å². The largest absolute Gasteiger partial charge is 0.478 e. The molecular formula is C39H37N5O5. The first-order valence-corrected chi connectivity index (χ1v) is 16.0. The number of aromatic nitrogens is 2. The van der Waals surface area contributed by atoms with E-state index in [9.17, 15) is 24.3 Å². The second-order valence-corrected chi connectivity index (χ2v) is 12.4. The molecule has 10 heteroatoms. The molecule has 1 aliphatic rings. The Kier molecular flexibility index (Phi) is 9.39. The fraction of sp³-hybridized carbons (Fsp3) is 0.205. The maximum atomic E-state index is 14.5. The number of benzene rings is 4. The number of rotatable bonds is 9. The minimum atomic E-state index is -1.17. The summed E-state index contributed by atoms with van der Waals surface area (Å²) >= 11 is 0. The van der Waals surface area contributed by atoms with E-state index in [1.54, 1.807) is 43.5 Å². The topological polar surface area (TPSA) is 125 Å². The summed E-state index contributed by atoms with van der Waals surface area (Å²) in [4.78, 5) is 60.6. The highest BCUT2D eigenvalue weighted by Crippen LogP contribution is 2.32. The van der Waals surface area contributed by atoms with Gasteiger partial charge in [0, 0.05) is 38.4 Å². The number of likely N-dealkylation sites (N-methyl/N-ethyl adjacent to an activating group) is 1. The molecule has 0 saturated heterocycles. The number of carboxylic acid groups (broad SMARTS) is 1. The van der Waals surface area contributed by atoms with E-state index < -0.39 is 23.8 Å². The summed E-state index contributed by atoms with van der Waals surface area (Å²) in [6.07, 6.45) is 2.06. The first-order valence-electron chi connectivity index (χ1n) is 16.0. The van der Waals surface area contributed by atoms with Crippen molar-refractivity contribution in [2.45, 2.75) is 38.4 Å². The zero-order chi connectivity index (χ0) is 34.7. The summed E-state index contributed by atoms with van der Waals surface area (Å²) in [7, 11) is 3.40. The Morgan fingerprint density at radius 3 is 2.08 bits per heavy atom. The van der Waals surface area contributed by atoms with E-state index in [1.807, 2.05) is 84.3 Å². The molecule has 0 spiro atoms. The number of nitrogens with zero attached hydrogens (tertiary/aromatic N) is 4. The minimum Gasteiger partial charge on any atom is -0.478 e. The van der Waals surface area contributed by atoms with Crippen LogP contribution in [0.5, 0.6) is 0 Å². The number of carboxylic acids is 1. The van der Waals surface area contributed by atoms with Gasteiger partial charge in [0.2, 0.25) is 11.8 Å². The molecular weight excluding hydrogens is 618 g/mol. The van der Waals surface area contributed by atoms with Crippen LogP contribution < -0.4 is 5.32 Å². The fourth-order valence-electron chi connectivity index (χ4n) is 6.42. The van der Waals surface area contributed by atoms with Crippen LogP contribution in [0.15, 0.2) is 109 Å². The van der Waals surface area contributed by atoms with Gasteiger partial charge in [-0.3, -0.25) is 14.4 Å². The van der Waals surface area contributed by atoms with Gasteiger partial charge in [-0.25, -0.2) is 9.78 Å². The zero-order valence-electron chi connectivity index (χ0n) is 27.5. The minimum absolute atomic E-state index is 0.0684. The summed E-state index contributed by atoms with van der Waals surface area (Å²) in [5.41, 5.74) is 5.67. The van der Waals surface area contributed by atoms with Crippen molar-refractivity contribution in [1.82, 2.24) is 19.4 Å². The maximum absolute atomic E-state index is 14.5. The van der Waals surface area contributed by atoms with Crippen LogP contribution in [-0.4, -0.2) is 68.3 Å². The molecule has 248 valence electrons. The molecule has 49 heavy (non-hydrogen) atoms. The molecule has 1 aliphatic heterocycles. The average molecular weight is 656 g/mol. The molecule has 1 unspecified atom stereocenters. The van der Waals surface area contributed by atoms with Crippen molar-refractivity contribution in [3.8, 4) is 0 Å². The number of fused-ring (bicyclic) bond motifs is 1. The molecule has 0 fully saturated rings. The summed E-state index contributed by atoms with van der Waals surface area (Å²) in [6.45, 7) is 2.53. The second kappa shape index (κ2) is 14.0. The lowest BCUT2D eigenvalue weighted by Gasteiger charge is -2.38. The quantitative estimate of drug-likeness (QED) is 0.220. The van der Waals surface area contributed by atoms with Crippen molar-refractivity contribution in [2.75, 3.05) is 19.4 Å². The van der Waals surface area contributed by atoms with Gasteiger partial charge in [0.25, 0.3) is 5.91 Å². The fourth-order valence-corrected chi connectivity index (χ4v) is 6.42. The van der Waals surface area contributed by atoms with Gasteiger partial charge >= 0.3 is 5.97 Å². The lowest BCUT2D eigenvalue weighted by atomic mass is 9.88. The van der Waals surface area contributed by atoms with Crippen LogP contribution in [0, 0.1) is 6.92 Å². The molecule has 4 aromatic carbocycles. The molecule has 2 N–H and O–H groups in total. The van der Waals surface area contributed by atoms with E-state index in [0.29, 0.717) is 18.7 Å². The smallest absolute Gasteiger partial charge is 0.336 e. The number of nitrogens with one attached hydrogen (secondary N) is 1. The number of imidazole rings is 1. The van der Waals surface area contributed by atoms with Crippen LogP contribution in [-0.2, 0) is 29.1 Å². The first-order chi connectivity index (χ1) is 23.6. The Labute approximate surface area is 284 Å². The van der Waals surface area contributed by atoms with Gasteiger partial charge in [-0.2, -0.15) is 0 Å². The van der Waals surface area contributed by atoms with Crippen LogP contribution in [0.3, 0.4) is 0 Å². The zero-order valence-corrected chi connectivity index (χ0v) is 27.5. The molecule has 3 amide bonds. The first kappa shape index (κ1) is 32.9. The van der Waals surface area contributed by atoms with Crippen molar-refractivity contribution >= 4 is 29.4 Å². The van der Waals surface area contributed by atoms with Crippen molar-refractivity contribution in [3.63, 3.8) is 0 Å². The van der Waals surface area contributed by atoms with Gasteiger partial charge in [0.15, 0.2) is 0 Å². The number of anilines is 1. The molecule has 0 aliphatic carbocycles. The number of hydrogen-bond acceptors (Lipinski definition) is 5. The Morgan fingerprint density at radius 1 is 0.878 bits per heavy atom. The Balaban J connectivity index is 1.26. The lowest BCUT2D eigenvalue weighted by Crippen LogP contribution is -2.53. The number of carbonyl (C=O) groups excluding carboxylic acids is 3. The number of amides is 3. The van der Waals surface area contributed by atoms with Gasteiger partial charge in [-0.15, -0.1) is 0 Å². The molecule has 0 saturated carbocycles. The molecule has 0 radical (unpaired) electrons. The maximum Gasteiger partial charge on any atom is 0.336 e. The van der Waals surface area contributed by atoms with Gasteiger partial charge < -0.3 is 24.8 Å². The molecule has 6 rings (SSSR count). The van der Waals surface area contributed by atoms with E-state index in [4.69, 9.17) is 4.98 Å². The predicted molar refractivity (Wildman–Crippen MR) is 185 cm³/mol. The monoisotopic (exact) mass is 655 g/mol. The number of aryl methyl sites for hydroxylation is 1. The van der Waals surface area contributed by atoms with E-state index in [-0.39, 0.29) is 29.5 Å². The summed E-state index contributed by atoms with van der Waals surface area (Å²) in [6, 6.07) is 30.3. The molecule has 2 heterocycles. The van der Waals surface area contributed by atoms with Gasteiger partial charge in [0.05, 0.1) is 35.6 Å². The van der Waals surface area contributed by atoms with Crippen molar-refractivity contribution in [3.05, 3.63) is 154 Å². The number of carbonyl (C=O) groups is 4. The van der Waals surface area contributed by atoms with Crippen LogP contribution >= 0.6 is 0 Å². The normalized spacial score (nSPS) is 13.9. The Hall–Kier alpha value is -6.03. The van der Waals surface area contributed by atoms with Crippen LogP contribution in [0.4, 0.5) is 5.69 Å². The summed E-state index contributed by atoms with van der Waals surface area (Å²) < 4.78 is 2.01. The average Bonchev–Trinajstić information content (AvgIpc) is 3.50. The standard InChI is InChI=1S/C39H37N5O5/c1-25-20-26(18-19-31(25)41-36(45)29-16-10-11-17-30(29)39(48)49)22-43-24-40-32-23-44(34(21-33(32)43)37(46)42(2)3)38(47)35(27-12-6-4-7-13-27)28-14-8-5-9-15-28/h4-20,24,34-35H,21-23H2,1-3H3,(H,41,45)(H,48,49). The highest BCUT2D eigenvalue weighted by Gasteiger charge is 2.40. The highest BCUT2D eigenvalue weighted by molar-refractivity contribution is 6.10. The van der Waals surface area contributed by atoms with E-state index >= 15 is 0 Å². The van der Waals surface area contributed by atoms with E-state index in [1.165, 1.54) is 17.0 Å². The molecule has 1 aromatic heterocycles. The third-order valence-electron chi connectivity index (χ3n) is 8.93. The SMILES string of the molecule is Cc1cc(Cn2cnc3c2CC(C(=O)N(C)C)N(C(=O)C(c2ccccc2)c2ccccc2)C3)ccc1NC(=O)c1ccccc1C(=O)O. The highest BCUT2D eigenvalue weighted by atomic mass is 16.4. The third-order valence-corrected chi connectivity index (χ3v) is 8.93. The van der Waals surface area contributed by atoms with Gasteiger partial charge in [0.1, 0.15) is 6.04 Å². The predicted octanol–water partition coefficient (Wildman–Crippen LogP) is 5.36. The second-order valence-electron chi connectivity index (χ2n) is 12.4. The van der Waals surface area contributed by atoms with Crippen molar-refractivity contribution < 1.29 is 24.3 Å². The lowest BCUT2D eigenvalue weighted by molar-refractivity contribution is -0.146. The molecule has 0 bridgehead atoms. The molecule has 5 aromatic rings. The molecule has 10 nitrogen and oxygen atoms in total. The third kappa shape index (κ3) is 6.85. The summed E-state index contributed by atoms with van der Waals surface area (Å²) in [5, 5.41) is 12.3. The Morgan fingerprint density at radius 2 is 1.49 bits per heavy atom. The summed E-state index contributed by atoms with van der Waals surface area (Å²) in [5.74, 6) is -2.57. The van der Waals surface area contributed by atoms with Crippen molar-refractivity contribution in [2.24, 2.45) is 0 Å². The number of aromatic carboxylic acids is 1. The Bertz CT molecular complexity index is 1980. The van der Waals surface area contributed by atoms with E-state index in [0.717, 1.165) is 33.6 Å². The van der Waals surface area contributed by atoms with Gasteiger partial charge in [-0.05, 0) is 47.4 Å². The number of hydrogen-bond donors (Lipinski definition) is 2. The van der Waals surface area contributed by atoms with Crippen LogP contribution in [0.25, 0.3) is 0 Å². The van der Waals surface area contributed by atoms with Crippen LogP contribution in [0.1, 0.15) is 60.3 Å².